The van der Waals surface area contributed by atoms with Gasteiger partial charge in [0.25, 0.3) is 5.91 Å². The third-order valence-corrected chi connectivity index (χ3v) is 5.45. The van der Waals surface area contributed by atoms with Gasteiger partial charge in [-0.2, -0.15) is 0 Å². The molecule has 130 valence electrons. The smallest absolute Gasteiger partial charge is 0.271 e. The molecule has 0 unspecified atom stereocenters. The van der Waals surface area contributed by atoms with Crippen LogP contribution in [0.25, 0.3) is 0 Å². The van der Waals surface area contributed by atoms with Crippen LogP contribution in [0.4, 0.5) is 0 Å². The standard InChI is InChI=1S/C20H24N4O/c25-20(19-14-21-8-9-22-19)23-13-15-4-5-16-6-10-24(18-2-1-3-18)11-7-17(16)12-15/h4-5,8-9,12,14,18H,1-3,6-7,10-11,13H2,(H,23,25). The van der Waals surface area contributed by atoms with Crippen molar-refractivity contribution < 1.29 is 4.79 Å². The Morgan fingerprint density at radius 1 is 1.16 bits per heavy atom. The minimum atomic E-state index is -0.181. The Kier molecular flexibility index (Phi) is 4.74. The Hall–Kier alpha value is -2.27. The van der Waals surface area contributed by atoms with Crippen molar-refractivity contribution in [3.63, 3.8) is 0 Å². The number of hydrogen-bond donors (Lipinski definition) is 1. The number of benzene rings is 1. The van der Waals surface area contributed by atoms with Crippen molar-refractivity contribution in [1.29, 1.82) is 0 Å². The molecular weight excluding hydrogens is 312 g/mol. The van der Waals surface area contributed by atoms with Gasteiger partial charge in [-0.1, -0.05) is 24.6 Å². The zero-order valence-electron chi connectivity index (χ0n) is 14.4. The number of amides is 1. The van der Waals surface area contributed by atoms with Crippen molar-refractivity contribution in [2.75, 3.05) is 13.1 Å². The van der Waals surface area contributed by atoms with Crippen molar-refractivity contribution in [2.24, 2.45) is 0 Å². The van der Waals surface area contributed by atoms with E-state index in [4.69, 9.17) is 0 Å². The summed E-state index contributed by atoms with van der Waals surface area (Å²) in [5.74, 6) is -0.181. The van der Waals surface area contributed by atoms with Gasteiger partial charge in [0.05, 0.1) is 6.20 Å². The maximum Gasteiger partial charge on any atom is 0.271 e. The maximum atomic E-state index is 12.1. The summed E-state index contributed by atoms with van der Waals surface area (Å²) < 4.78 is 0. The first kappa shape index (κ1) is 16.2. The van der Waals surface area contributed by atoms with E-state index in [0.29, 0.717) is 12.2 Å². The number of aromatic nitrogens is 2. The number of nitrogens with one attached hydrogen (secondary N) is 1. The summed E-state index contributed by atoms with van der Waals surface area (Å²) in [6, 6.07) is 7.45. The van der Waals surface area contributed by atoms with E-state index in [2.05, 4.69) is 38.4 Å². The molecule has 1 aliphatic carbocycles. The quantitative estimate of drug-likeness (QED) is 0.931. The molecule has 0 radical (unpaired) electrons. The highest BCUT2D eigenvalue weighted by atomic mass is 16.1. The van der Waals surface area contributed by atoms with Crippen LogP contribution in [0.2, 0.25) is 0 Å². The lowest BCUT2D eigenvalue weighted by molar-refractivity contribution is 0.0945. The highest BCUT2D eigenvalue weighted by molar-refractivity contribution is 5.91. The largest absolute Gasteiger partial charge is 0.347 e. The van der Waals surface area contributed by atoms with Gasteiger partial charge in [0.15, 0.2) is 0 Å². The fourth-order valence-electron chi connectivity index (χ4n) is 3.71. The van der Waals surface area contributed by atoms with Gasteiger partial charge in [-0.3, -0.25) is 14.7 Å². The molecule has 1 aromatic heterocycles. The Morgan fingerprint density at radius 2 is 2.00 bits per heavy atom. The lowest BCUT2D eigenvalue weighted by Crippen LogP contribution is -2.41. The number of carbonyl (C=O) groups is 1. The topological polar surface area (TPSA) is 58.1 Å². The van der Waals surface area contributed by atoms with E-state index in [0.717, 1.165) is 31.0 Å². The van der Waals surface area contributed by atoms with E-state index in [1.165, 1.54) is 49.3 Å². The molecule has 4 rings (SSSR count). The fourth-order valence-corrected chi connectivity index (χ4v) is 3.71. The average molecular weight is 336 g/mol. The molecular formula is C20H24N4O. The van der Waals surface area contributed by atoms with E-state index in [1.807, 2.05) is 0 Å². The van der Waals surface area contributed by atoms with Crippen LogP contribution in [0.3, 0.4) is 0 Å². The third-order valence-electron chi connectivity index (χ3n) is 5.45. The monoisotopic (exact) mass is 336 g/mol. The van der Waals surface area contributed by atoms with Crippen LogP contribution < -0.4 is 5.32 Å². The summed E-state index contributed by atoms with van der Waals surface area (Å²) in [5, 5.41) is 2.93. The zero-order chi connectivity index (χ0) is 17.1. The summed E-state index contributed by atoms with van der Waals surface area (Å²) in [4.78, 5) is 22.7. The minimum Gasteiger partial charge on any atom is -0.347 e. The second-order valence-corrected chi connectivity index (χ2v) is 7.00. The second-order valence-electron chi connectivity index (χ2n) is 7.00. The van der Waals surface area contributed by atoms with Crippen LogP contribution in [0.1, 0.15) is 46.4 Å². The predicted molar refractivity (Wildman–Crippen MR) is 96.3 cm³/mol. The number of carbonyl (C=O) groups excluding carboxylic acids is 1. The first-order valence-corrected chi connectivity index (χ1v) is 9.18. The van der Waals surface area contributed by atoms with Crippen molar-refractivity contribution in [3.8, 4) is 0 Å². The predicted octanol–water partition coefficient (Wildman–Crippen LogP) is 2.36. The molecule has 0 saturated heterocycles. The highest BCUT2D eigenvalue weighted by Crippen LogP contribution is 2.27. The Balaban J connectivity index is 1.38. The van der Waals surface area contributed by atoms with Gasteiger partial charge in [0.1, 0.15) is 5.69 Å². The van der Waals surface area contributed by atoms with Gasteiger partial charge in [-0.05, 0) is 42.4 Å². The van der Waals surface area contributed by atoms with Crippen LogP contribution in [0.5, 0.6) is 0 Å². The molecule has 2 aromatic rings. The van der Waals surface area contributed by atoms with E-state index in [-0.39, 0.29) is 5.91 Å². The van der Waals surface area contributed by atoms with Gasteiger partial charge in [0, 0.05) is 38.1 Å². The minimum absolute atomic E-state index is 0.181. The summed E-state index contributed by atoms with van der Waals surface area (Å²) in [6.07, 6.45) is 11.0. The summed E-state index contributed by atoms with van der Waals surface area (Å²) in [6.45, 7) is 2.86. The van der Waals surface area contributed by atoms with Crippen LogP contribution in [-0.2, 0) is 19.4 Å². The lowest BCUT2D eigenvalue weighted by Gasteiger charge is -2.36. The molecule has 1 saturated carbocycles. The van der Waals surface area contributed by atoms with Crippen LogP contribution in [-0.4, -0.2) is 39.9 Å². The van der Waals surface area contributed by atoms with Gasteiger partial charge in [-0.15, -0.1) is 0 Å². The van der Waals surface area contributed by atoms with Gasteiger partial charge in [-0.25, -0.2) is 4.98 Å². The van der Waals surface area contributed by atoms with E-state index in [9.17, 15) is 4.79 Å². The normalized spacial score (nSPS) is 18.1. The summed E-state index contributed by atoms with van der Waals surface area (Å²) in [7, 11) is 0. The number of hydrogen-bond acceptors (Lipinski definition) is 4. The number of nitrogens with zero attached hydrogens (tertiary/aromatic N) is 3. The molecule has 0 spiro atoms. The summed E-state index contributed by atoms with van der Waals surface area (Å²) in [5.41, 5.74) is 4.40. The van der Waals surface area contributed by atoms with Gasteiger partial charge >= 0.3 is 0 Å². The molecule has 1 aliphatic heterocycles. The molecule has 1 aromatic carbocycles. The van der Waals surface area contributed by atoms with Crippen molar-refractivity contribution in [2.45, 2.75) is 44.7 Å². The van der Waals surface area contributed by atoms with Crippen LogP contribution >= 0.6 is 0 Å². The average Bonchev–Trinajstić information content (AvgIpc) is 2.81. The molecule has 0 bridgehead atoms. The second kappa shape index (κ2) is 7.31. The van der Waals surface area contributed by atoms with Crippen molar-refractivity contribution in [1.82, 2.24) is 20.2 Å². The first-order chi connectivity index (χ1) is 12.3. The van der Waals surface area contributed by atoms with Crippen molar-refractivity contribution in [3.05, 3.63) is 59.2 Å². The third kappa shape index (κ3) is 3.71. The van der Waals surface area contributed by atoms with Gasteiger partial charge < -0.3 is 5.32 Å². The molecule has 0 atom stereocenters. The van der Waals surface area contributed by atoms with Crippen molar-refractivity contribution >= 4 is 5.91 Å². The molecule has 1 fully saturated rings. The zero-order valence-corrected chi connectivity index (χ0v) is 14.4. The number of rotatable bonds is 4. The molecule has 5 nitrogen and oxygen atoms in total. The Bertz CT molecular complexity index is 743. The first-order valence-electron chi connectivity index (χ1n) is 9.18. The molecule has 1 N–H and O–H groups in total. The van der Waals surface area contributed by atoms with E-state index < -0.39 is 0 Å². The molecule has 2 heterocycles. The summed E-state index contributed by atoms with van der Waals surface area (Å²) >= 11 is 0. The van der Waals surface area contributed by atoms with E-state index >= 15 is 0 Å². The lowest BCUT2D eigenvalue weighted by atomic mass is 9.91. The Morgan fingerprint density at radius 3 is 2.72 bits per heavy atom. The fraction of sp³-hybridized carbons (Fsp3) is 0.450. The Labute approximate surface area is 148 Å². The van der Waals surface area contributed by atoms with Crippen LogP contribution in [0, 0.1) is 0 Å². The molecule has 5 heteroatoms. The van der Waals surface area contributed by atoms with Gasteiger partial charge in [0.2, 0.25) is 0 Å². The molecule has 2 aliphatic rings. The molecule has 25 heavy (non-hydrogen) atoms. The van der Waals surface area contributed by atoms with E-state index in [1.54, 1.807) is 6.20 Å². The highest BCUT2D eigenvalue weighted by Gasteiger charge is 2.26. The maximum absolute atomic E-state index is 12.1. The molecule has 1 amide bonds. The number of fused-ring (bicyclic) bond motifs is 1. The van der Waals surface area contributed by atoms with Crippen LogP contribution in [0.15, 0.2) is 36.8 Å². The SMILES string of the molecule is O=C(NCc1ccc2c(c1)CCN(C1CCC1)CC2)c1cnccn1.